The molecule has 0 atom stereocenters. The smallest absolute Gasteiger partial charge is 0.0490 e. The Labute approximate surface area is 206 Å². The van der Waals surface area contributed by atoms with Crippen LogP contribution in [0.3, 0.4) is 0 Å². The third kappa shape index (κ3) is 3.77. The molecule has 2 nitrogen and oxygen atoms in total. The van der Waals surface area contributed by atoms with Gasteiger partial charge in [-0.15, -0.1) is 0 Å². The minimum Gasteiger partial charge on any atom is -0.344 e. The van der Waals surface area contributed by atoms with Crippen molar-refractivity contribution in [1.82, 2.24) is 4.57 Å². The lowest BCUT2D eigenvalue weighted by atomic mass is 10.0. The van der Waals surface area contributed by atoms with Crippen LogP contribution in [0, 0.1) is 0 Å². The summed E-state index contributed by atoms with van der Waals surface area (Å²) in [6.45, 7) is 2.19. The number of rotatable bonds is 5. The molecule has 0 aliphatic heterocycles. The average Bonchev–Trinajstić information content (AvgIpc) is 3.21. The number of hydrogen-bond acceptors (Lipinski definition) is 1. The van der Waals surface area contributed by atoms with E-state index in [1.807, 2.05) is 0 Å². The molecule has 0 radical (unpaired) electrons. The number of aromatic nitrogens is 1. The van der Waals surface area contributed by atoms with Crippen molar-refractivity contribution in [3.63, 3.8) is 0 Å². The summed E-state index contributed by atoms with van der Waals surface area (Å²) >= 11 is 0. The van der Waals surface area contributed by atoms with Crippen LogP contribution in [0.15, 0.2) is 121 Å². The van der Waals surface area contributed by atoms with Crippen LogP contribution < -0.4 is 4.90 Å². The molecule has 1 aromatic heterocycles. The Kier molecular flexibility index (Phi) is 5.35. The SMILES string of the molecule is CCc1ccc(-c2ccc(N(c3ccccc3)c3ccc4c(c3)c3ccccc3n4C)cc2)cc1. The van der Waals surface area contributed by atoms with Crippen LogP contribution in [0.4, 0.5) is 17.1 Å². The Balaban J connectivity index is 1.46. The van der Waals surface area contributed by atoms with Gasteiger partial charge in [0.25, 0.3) is 0 Å². The molecule has 2 heteroatoms. The zero-order chi connectivity index (χ0) is 23.8. The summed E-state index contributed by atoms with van der Waals surface area (Å²) in [4.78, 5) is 2.34. The average molecular weight is 453 g/mol. The maximum absolute atomic E-state index is 2.34. The van der Waals surface area contributed by atoms with E-state index >= 15 is 0 Å². The summed E-state index contributed by atoms with van der Waals surface area (Å²) < 4.78 is 2.28. The monoisotopic (exact) mass is 452 g/mol. The van der Waals surface area contributed by atoms with Gasteiger partial charge in [0.15, 0.2) is 0 Å². The third-order valence-corrected chi connectivity index (χ3v) is 6.99. The summed E-state index contributed by atoms with van der Waals surface area (Å²) in [6, 6.07) is 43.8. The van der Waals surface area contributed by atoms with Gasteiger partial charge >= 0.3 is 0 Å². The van der Waals surface area contributed by atoms with Gasteiger partial charge in [0.1, 0.15) is 0 Å². The Morgan fingerprint density at radius 1 is 0.543 bits per heavy atom. The van der Waals surface area contributed by atoms with Crippen LogP contribution in [0.25, 0.3) is 32.9 Å². The summed E-state index contributed by atoms with van der Waals surface area (Å²) in [7, 11) is 2.14. The molecular weight excluding hydrogens is 424 g/mol. The molecule has 35 heavy (non-hydrogen) atoms. The number of para-hydroxylation sites is 2. The van der Waals surface area contributed by atoms with Crippen molar-refractivity contribution in [2.24, 2.45) is 7.05 Å². The molecule has 0 aliphatic carbocycles. The summed E-state index contributed by atoms with van der Waals surface area (Å²) in [6.07, 6.45) is 1.06. The van der Waals surface area contributed by atoms with Gasteiger partial charge in [-0.2, -0.15) is 0 Å². The summed E-state index contributed by atoms with van der Waals surface area (Å²) in [5, 5.41) is 2.56. The Morgan fingerprint density at radius 2 is 1.11 bits per heavy atom. The highest BCUT2D eigenvalue weighted by Gasteiger charge is 2.15. The first kappa shape index (κ1) is 21.2. The van der Waals surface area contributed by atoms with Crippen LogP contribution in [-0.4, -0.2) is 4.57 Å². The zero-order valence-corrected chi connectivity index (χ0v) is 20.1. The van der Waals surface area contributed by atoms with E-state index in [2.05, 4.69) is 145 Å². The lowest BCUT2D eigenvalue weighted by Gasteiger charge is -2.26. The quantitative estimate of drug-likeness (QED) is 0.253. The van der Waals surface area contributed by atoms with E-state index in [1.165, 1.54) is 38.5 Å². The van der Waals surface area contributed by atoms with Crippen molar-refractivity contribution in [2.45, 2.75) is 13.3 Å². The molecular formula is C33H28N2. The van der Waals surface area contributed by atoms with Gasteiger partial charge in [0, 0.05) is 45.9 Å². The van der Waals surface area contributed by atoms with Gasteiger partial charge in [-0.05, 0) is 71.6 Å². The van der Waals surface area contributed by atoms with E-state index in [0.29, 0.717) is 0 Å². The van der Waals surface area contributed by atoms with Crippen molar-refractivity contribution in [2.75, 3.05) is 4.90 Å². The molecule has 0 unspecified atom stereocenters. The molecule has 0 bridgehead atoms. The highest BCUT2D eigenvalue weighted by molar-refractivity contribution is 6.09. The maximum Gasteiger partial charge on any atom is 0.0490 e. The van der Waals surface area contributed by atoms with E-state index in [0.717, 1.165) is 23.5 Å². The normalized spacial score (nSPS) is 11.3. The highest BCUT2D eigenvalue weighted by Crippen LogP contribution is 2.38. The number of nitrogens with zero attached hydrogens (tertiary/aromatic N) is 2. The first-order valence-corrected chi connectivity index (χ1v) is 12.2. The first-order chi connectivity index (χ1) is 17.2. The molecule has 0 saturated carbocycles. The summed E-state index contributed by atoms with van der Waals surface area (Å²) in [5.41, 5.74) is 9.78. The van der Waals surface area contributed by atoms with Crippen LogP contribution in [0.5, 0.6) is 0 Å². The van der Waals surface area contributed by atoms with Crippen molar-refractivity contribution in [3.05, 3.63) is 127 Å². The van der Waals surface area contributed by atoms with E-state index in [1.54, 1.807) is 0 Å². The number of benzene rings is 5. The predicted molar refractivity (Wildman–Crippen MR) is 150 cm³/mol. The van der Waals surface area contributed by atoms with Gasteiger partial charge in [-0.1, -0.05) is 79.7 Å². The molecule has 0 fully saturated rings. The maximum atomic E-state index is 2.34. The van der Waals surface area contributed by atoms with Crippen molar-refractivity contribution < 1.29 is 0 Å². The number of anilines is 3. The van der Waals surface area contributed by atoms with Gasteiger partial charge in [-0.3, -0.25) is 0 Å². The summed E-state index contributed by atoms with van der Waals surface area (Å²) in [5.74, 6) is 0. The largest absolute Gasteiger partial charge is 0.344 e. The van der Waals surface area contributed by atoms with Crippen molar-refractivity contribution >= 4 is 38.9 Å². The fourth-order valence-corrected chi connectivity index (χ4v) is 5.06. The Bertz CT molecular complexity index is 1610. The van der Waals surface area contributed by atoms with E-state index in [4.69, 9.17) is 0 Å². The van der Waals surface area contributed by atoms with Crippen molar-refractivity contribution in [3.8, 4) is 11.1 Å². The topological polar surface area (TPSA) is 8.17 Å². The van der Waals surface area contributed by atoms with E-state index in [9.17, 15) is 0 Å². The van der Waals surface area contributed by atoms with Crippen molar-refractivity contribution in [1.29, 1.82) is 0 Å². The van der Waals surface area contributed by atoms with Crippen LogP contribution in [0.2, 0.25) is 0 Å². The fourth-order valence-electron chi connectivity index (χ4n) is 5.06. The Hall–Kier alpha value is -4.30. The van der Waals surface area contributed by atoms with Crippen LogP contribution in [-0.2, 0) is 13.5 Å². The second kappa shape index (κ2) is 8.81. The molecule has 170 valence electrons. The molecule has 0 saturated heterocycles. The molecule has 6 rings (SSSR count). The first-order valence-electron chi connectivity index (χ1n) is 12.2. The van der Waals surface area contributed by atoms with Gasteiger partial charge in [0.2, 0.25) is 0 Å². The molecule has 0 aliphatic rings. The minimum absolute atomic E-state index is 1.06. The molecule has 0 N–H and O–H groups in total. The lowest BCUT2D eigenvalue weighted by molar-refractivity contribution is 1.01. The molecule has 6 aromatic rings. The standard InChI is InChI=1S/C33H28N2/c1-3-24-13-15-25(16-14-24)26-17-19-28(20-18-26)35(27-9-5-4-6-10-27)29-21-22-33-31(23-29)30-11-7-8-12-32(30)34(33)2/h4-23H,3H2,1-2H3. The minimum atomic E-state index is 1.06. The fraction of sp³-hybridized carbons (Fsp3) is 0.0909. The second-order valence-corrected chi connectivity index (χ2v) is 9.05. The van der Waals surface area contributed by atoms with Crippen LogP contribution in [0.1, 0.15) is 12.5 Å². The molecule has 5 aromatic carbocycles. The number of fused-ring (bicyclic) bond motifs is 3. The third-order valence-electron chi connectivity index (χ3n) is 6.99. The van der Waals surface area contributed by atoms with Gasteiger partial charge in [0.05, 0.1) is 0 Å². The predicted octanol–water partition coefficient (Wildman–Crippen LogP) is 9.03. The number of hydrogen-bond donors (Lipinski definition) is 0. The second-order valence-electron chi connectivity index (χ2n) is 9.05. The number of aryl methyl sites for hydroxylation is 2. The lowest BCUT2D eigenvalue weighted by Crippen LogP contribution is -2.09. The Morgan fingerprint density at radius 3 is 1.83 bits per heavy atom. The van der Waals surface area contributed by atoms with Gasteiger partial charge in [-0.25, -0.2) is 0 Å². The zero-order valence-electron chi connectivity index (χ0n) is 20.1. The molecule has 0 spiro atoms. The van der Waals surface area contributed by atoms with Crippen LogP contribution >= 0.6 is 0 Å². The highest BCUT2D eigenvalue weighted by atomic mass is 15.1. The van der Waals surface area contributed by atoms with E-state index < -0.39 is 0 Å². The van der Waals surface area contributed by atoms with E-state index in [-0.39, 0.29) is 0 Å². The molecule has 1 heterocycles. The van der Waals surface area contributed by atoms with Gasteiger partial charge < -0.3 is 9.47 Å². The molecule has 0 amide bonds.